The fraction of sp³-hybridized carbons (Fsp3) is 0.455. The molecule has 0 amide bonds. The highest BCUT2D eigenvalue weighted by Crippen LogP contribution is 2.41. The molecule has 0 aromatic heterocycles. The summed E-state index contributed by atoms with van der Waals surface area (Å²) in [6.07, 6.45) is 1.96. The average Bonchev–Trinajstić information content (AvgIpc) is 2.59. The molecule has 0 radical (unpaired) electrons. The molecule has 1 aliphatic heterocycles. The van der Waals surface area contributed by atoms with E-state index in [2.05, 4.69) is 0 Å². The number of hydrogen-bond acceptors (Lipinski definition) is 3. The molecule has 3 heteroatoms. The number of fused-ring (bicyclic) bond motifs is 1. The number of phenols is 1. The molecule has 0 saturated carbocycles. The first-order chi connectivity index (χ1) is 6.83. The fourth-order valence-corrected chi connectivity index (χ4v) is 1.93. The summed E-state index contributed by atoms with van der Waals surface area (Å²) < 4.78 is 5.49. The van der Waals surface area contributed by atoms with Crippen molar-refractivity contribution < 1.29 is 9.84 Å². The van der Waals surface area contributed by atoms with E-state index in [0.29, 0.717) is 24.8 Å². The molecular weight excluding hydrogens is 178 g/mol. The topological polar surface area (TPSA) is 55.5 Å². The van der Waals surface area contributed by atoms with E-state index >= 15 is 0 Å². The molecule has 1 aliphatic rings. The van der Waals surface area contributed by atoms with E-state index in [-0.39, 0.29) is 0 Å². The highest BCUT2D eigenvalue weighted by Gasteiger charge is 2.26. The summed E-state index contributed by atoms with van der Waals surface area (Å²) in [5, 5.41) is 9.69. The van der Waals surface area contributed by atoms with Gasteiger partial charge in [-0.15, -0.1) is 0 Å². The van der Waals surface area contributed by atoms with Crippen molar-refractivity contribution in [3.05, 3.63) is 23.8 Å². The summed E-state index contributed by atoms with van der Waals surface area (Å²) >= 11 is 0. The molecule has 0 bridgehead atoms. The average molecular weight is 193 g/mol. The minimum atomic E-state index is 0.315. The third-order valence-electron chi connectivity index (χ3n) is 2.65. The molecule has 76 valence electrons. The fourth-order valence-electron chi connectivity index (χ4n) is 1.93. The van der Waals surface area contributed by atoms with Crippen molar-refractivity contribution in [2.45, 2.75) is 18.8 Å². The van der Waals surface area contributed by atoms with Gasteiger partial charge in [0.2, 0.25) is 0 Å². The maximum Gasteiger partial charge on any atom is 0.126 e. The Labute approximate surface area is 83.5 Å². The molecule has 0 aliphatic carbocycles. The number of benzene rings is 1. The van der Waals surface area contributed by atoms with Crippen LogP contribution in [0.5, 0.6) is 11.5 Å². The van der Waals surface area contributed by atoms with Crippen LogP contribution in [0.3, 0.4) is 0 Å². The Kier molecular flexibility index (Phi) is 2.59. The van der Waals surface area contributed by atoms with Crippen molar-refractivity contribution in [2.75, 3.05) is 13.2 Å². The number of ether oxygens (including phenoxy) is 1. The lowest BCUT2D eigenvalue weighted by atomic mass is 9.95. The normalized spacial score (nSPS) is 19.1. The third-order valence-corrected chi connectivity index (χ3v) is 2.65. The highest BCUT2D eigenvalue weighted by atomic mass is 16.5. The van der Waals surface area contributed by atoms with Gasteiger partial charge in [-0.25, -0.2) is 0 Å². The zero-order valence-corrected chi connectivity index (χ0v) is 8.07. The summed E-state index contributed by atoms with van der Waals surface area (Å²) in [4.78, 5) is 0. The molecule has 14 heavy (non-hydrogen) atoms. The molecule has 0 spiro atoms. The smallest absolute Gasteiger partial charge is 0.126 e. The van der Waals surface area contributed by atoms with Crippen molar-refractivity contribution in [1.29, 1.82) is 0 Å². The van der Waals surface area contributed by atoms with E-state index in [0.717, 1.165) is 24.2 Å². The van der Waals surface area contributed by atoms with Crippen LogP contribution in [0.4, 0.5) is 0 Å². The first kappa shape index (κ1) is 9.34. The Morgan fingerprint density at radius 2 is 2.36 bits per heavy atom. The van der Waals surface area contributed by atoms with Gasteiger partial charge < -0.3 is 15.6 Å². The van der Waals surface area contributed by atoms with Gasteiger partial charge >= 0.3 is 0 Å². The molecule has 3 N–H and O–H groups in total. The monoisotopic (exact) mass is 193 g/mol. The maximum absolute atomic E-state index is 9.69. The standard InChI is InChI=1S/C11H15NO2/c12-6-2-3-8-7-14-10-5-1-4-9(13)11(8)10/h1,4-5,8,13H,2-3,6-7,12H2. The van der Waals surface area contributed by atoms with E-state index in [4.69, 9.17) is 10.5 Å². The molecule has 2 rings (SSSR count). The second-order valence-corrected chi connectivity index (χ2v) is 3.63. The Morgan fingerprint density at radius 3 is 3.14 bits per heavy atom. The summed E-state index contributed by atoms with van der Waals surface area (Å²) in [5.74, 6) is 1.49. The summed E-state index contributed by atoms with van der Waals surface area (Å²) in [6.45, 7) is 1.37. The van der Waals surface area contributed by atoms with Gasteiger partial charge in [-0.05, 0) is 31.5 Å². The molecule has 1 atom stereocenters. The third kappa shape index (κ3) is 1.55. The van der Waals surface area contributed by atoms with Crippen molar-refractivity contribution in [1.82, 2.24) is 0 Å². The number of aromatic hydroxyl groups is 1. The number of phenolic OH excluding ortho intramolecular Hbond substituents is 1. The first-order valence-electron chi connectivity index (χ1n) is 4.97. The van der Waals surface area contributed by atoms with E-state index in [1.807, 2.05) is 6.07 Å². The predicted molar refractivity (Wildman–Crippen MR) is 54.6 cm³/mol. The van der Waals surface area contributed by atoms with Crippen LogP contribution in [-0.4, -0.2) is 18.3 Å². The van der Waals surface area contributed by atoms with E-state index in [1.54, 1.807) is 12.1 Å². The van der Waals surface area contributed by atoms with Crippen LogP contribution < -0.4 is 10.5 Å². The molecule has 1 aromatic rings. The lowest BCUT2D eigenvalue weighted by Gasteiger charge is -2.08. The first-order valence-corrected chi connectivity index (χ1v) is 4.97. The Bertz CT molecular complexity index is 325. The summed E-state index contributed by atoms with van der Waals surface area (Å²) in [5.41, 5.74) is 6.42. The van der Waals surface area contributed by atoms with Crippen molar-refractivity contribution in [2.24, 2.45) is 5.73 Å². The van der Waals surface area contributed by atoms with Gasteiger partial charge in [-0.1, -0.05) is 6.07 Å². The van der Waals surface area contributed by atoms with Crippen LogP contribution in [-0.2, 0) is 0 Å². The van der Waals surface area contributed by atoms with E-state index in [9.17, 15) is 5.11 Å². The molecular formula is C11H15NO2. The lowest BCUT2D eigenvalue weighted by Crippen LogP contribution is -2.05. The molecule has 0 fully saturated rings. The van der Waals surface area contributed by atoms with Crippen LogP contribution in [0.25, 0.3) is 0 Å². The largest absolute Gasteiger partial charge is 0.508 e. The van der Waals surface area contributed by atoms with Crippen molar-refractivity contribution >= 4 is 0 Å². The van der Waals surface area contributed by atoms with Crippen LogP contribution in [0.15, 0.2) is 18.2 Å². The van der Waals surface area contributed by atoms with Gasteiger partial charge in [0.15, 0.2) is 0 Å². The number of rotatable bonds is 3. The number of nitrogens with two attached hydrogens (primary N) is 1. The summed E-state index contributed by atoms with van der Waals surface area (Å²) in [7, 11) is 0. The zero-order valence-electron chi connectivity index (χ0n) is 8.07. The van der Waals surface area contributed by atoms with Crippen molar-refractivity contribution in [3.63, 3.8) is 0 Å². The van der Waals surface area contributed by atoms with Gasteiger partial charge in [-0.3, -0.25) is 0 Å². The van der Waals surface area contributed by atoms with Crippen molar-refractivity contribution in [3.8, 4) is 11.5 Å². The van der Waals surface area contributed by atoms with E-state index < -0.39 is 0 Å². The second-order valence-electron chi connectivity index (χ2n) is 3.63. The van der Waals surface area contributed by atoms with Gasteiger partial charge in [0, 0.05) is 11.5 Å². The molecule has 3 nitrogen and oxygen atoms in total. The van der Waals surface area contributed by atoms with Crippen LogP contribution >= 0.6 is 0 Å². The minimum absolute atomic E-state index is 0.315. The van der Waals surface area contributed by atoms with Crippen LogP contribution in [0.1, 0.15) is 24.3 Å². The van der Waals surface area contributed by atoms with Gasteiger partial charge in [-0.2, -0.15) is 0 Å². The lowest BCUT2D eigenvalue weighted by molar-refractivity contribution is 0.323. The molecule has 1 aromatic carbocycles. The second kappa shape index (κ2) is 3.88. The van der Waals surface area contributed by atoms with E-state index in [1.165, 1.54) is 0 Å². The van der Waals surface area contributed by atoms with Gasteiger partial charge in [0.25, 0.3) is 0 Å². The van der Waals surface area contributed by atoms with Gasteiger partial charge in [0.05, 0.1) is 6.61 Å². The highest BCUT2D eigenvalue weighted by molar-refractivity contribution is 5.48. The minimum Gasteiger partial charge on any atom is -0.508 e. The zero-order chi connectivity index (χ0) is 9.97. The van der Waals surface area contributed by atoms with Crippen LogP contribution in [0, 0.1) is 0 Å². The summed E-state index contributed by atoms with van der Waals surface area (Å²) in [6, 6.07) is 5.42. The number of hydrogen-bond donors (Lipinski definition) is 2. The Balaban J connectivity index is 2.20. The molecule has 0 saturated heterocycles. The SMILES string of the molecule is NCCCC1COc2cccc(O)c21. The quantitative estimate of drug-likeness (QED) is 0.766. The van der Waals surface area contributed by atoms with Crippen LogP contribution in [0.2, 0.25) is 0 Å². The maximum atomic E-state index is 9.69. The van der Waals surface area contributed by atoms with Gasteiger partial charge in [0.1, 0.15) is 11.5 Å². The molecule has 1 unspecified atom stereocenters. The molecule has 1 heterocycles. The Morgan fingerprint density at radius 1 is 1.50 bits per heavy atom. The predicted octanol–water partition coefficient (Wildman–Crippen LogP) is 1.61. The Hall–Kier alpha value is -1.22.